The Morgan fingerprint density at radius 1 is 1.34 bits per heavy atom. The molecule has 0 radical (unpaired) electrons. The summed E-state index contributed by atoms with van der Waals surface area (Å²) in [5.74, 6) is -1.92. The number of carboxylic acids is 1. The van der Waals surface area contributed by atoms with Crippen LogP contribution in [0.3, 0.4) is 0 Å². The molecule has 0 saturated heterocycles. The lowest BCUT2D eigenvalue weighted by atomic mass is 9.94. The van der Waals surface area contributed by atoms with Crippen molar-refractivity contribution < 1.29 is 19.7 Å². The molecule has 1 aliphatic carbocycles. The first-order chi connectivity index (χ1) is 15.4. The van der Waals surface area contributed by atoms with E-state index in [9.17, 15) is 15.0 Å². The predicted octanol–water partition coefficient (Wildman–Crippen LogP) is 5.32. The van der Waals surface area contributed by atoms with Crippen LogP contribution in [0, 0.1) is 11.8 Å². The maximum absolute atomic E-state index is 11.4. The van der Waals surface area contributed by atoms with Gasteiger partial charge in [-0.25, -0.2) is 0 Å². The van der Waals surface area contributed by atoms with E-state index in [4.69, 9.17) is 16.3 Å². The molecule has 2 atom stereocenters. The summed E-state index contributed by atoms with van der Waals surface area (Å²) < 4.78 is 5.51. The Balaban J connectivity index is 1.55. The second-order valence-corrected chi connectivity index (χ2v) is 8.72. The van der Waals surface area contributed by atoms with Crippen LogP contribution in [0.1, 0.15) is 25.3 Å². The number of nitrogens with one attached hydrogen (secondary N) is 1. The van der Waals surface area contributed by atoms with Crippen molar-refractivity contribution in [1.29, 1.82) is 0 Å². The number of imidazole rings is 1. The van der Waals surface area contributed by atoms with Gasteiger partial charge >= 0.3 is 5.97 Å². The van der Waals surface area contributed by atoms with E-state index in [0.29, 0.717) is 16.1 Å². The van der Waals surface area contributed by atoms with Crippen molar-refractivity contribution in [1.82, 2.24) is 9.97 Å². The van der Waals surface area contributed by atoms with Gasteiger partial charge in [0.2, 0.25) is 0 Å². The van der Waals surface area contributed by atoms with Crippen LogP contribution in [-0.2, 0) is 10.2 Å². The summed E-state index contributed by atoms with van der Waals surface area (Å²) >= 11 is 6.53. The zero-order chi connectivity index (χ0) is 22.9. The van der Waals surface area contributed by atoms with Gasteiger partial charge in [0.1, 0.15) is 0 Å². The van der Waals surface area contributed by atoms with Crippen LogP contribution in [0.5, 0.6) is 6.01 Å². The molecule has 1 fully saturated rings. The van der Waals surface area contributed by atoms with Crippen molar-refractivity contribution in [2.45, 2.75) is 25.2 Å². The van der Waals surface area contributed by atoms with Gasteiger partial charge in [-0.3, -0.25) is 4.79 Å². The zero-order valence-corrected chi connectivity index (χ0v) is 18.5. The fraction of sp³-hybridized carbons (Fsp3) is 0.280. The molecule has 1 aromatic heterocycles. The van der Waals surface area contributed by atoms with Crippen molar-refractivity contribution in [2.75, 3.05) is 6.61 Å². The first kappa shape index (κ1) is 22.1. The number of rotatable bonds is 9. The van der Waals surface area contributed by atoms with E-state index in [0.717, 1.165) is 29.5 Å². The second-order valence-electron chi connectivity index (χ2n) is 8.31. The standard InChI is InChI=1S/C25H25ClN2O4/c1-3-15(2)18(23(30)31)8-11-32-24-27-21-12-19(20(26)13-22(21)28-24)16-4-6-17(7-5-16)25(14-29)9-10-25/h3-8,11-13,15,18,29H,1,9-10,14H2,2H3,(H,27,28)(H,30,31)/b11-8+. The van der Waals surface area contributed by atoms with Crippen molar-refractivity contribution in [3.63, 3.8) is 0 Å². The van der Waals surface area contributed by atoms with Crippen LogP contribution < -0.4 is 4.74 Å². The second kappa shape index (κ2) is 8.81. The summed E-state index contributed by atoms with van der Waals surface area (Å²) in [5, 5.41) is 19.5. The molecule has 0 aliphatic heterocycles. The highest BCUT2D eigenvalue weighted by Crippen LogP contribution is 2.48. The molecule has 4 rings (SSSR count). The van der Waals surface area contributed by atoms with Crippen LogP contribution in [0.15, 0.2) is 61.4 Å². The summed E-state index contributed by atoms with van der Waals surface area (Å²) in [6.07, 6.45) is 6.42. The quantitative estimate of drug-likeness (QED) is 0.301. The molecular formula is C25H25ClN2O4. The maximum atomic E-state index is 11.4. The van der Waals surface area contributed by atoms with E-state index < -0.39 is 11.9 Å². The number of fused-ring (bicyclic) bond motifs is 1. The van der Waals surface area contributed by atoms with Crippen molar-refractivity contribution >= 4 is 28.6 Å². The van der Waals surface area contributed by atoms with Crippen LogP contribution in [0.4, 0.5) is 0 Å². The summed E-state index contributed by atoms with van der Waals surface area (Å²) in [4.78, 5) is 18.9. The molecule has 1 saturated carbocycles. The largest absolute Gasteiger partial charge is 0.481 e. The van der Waals surface area contributed by atoms with Gasteiger partial charge in [0.25, 0.3) is 6.01 Å². The van der Waals surface area contributed by atoms with E-state index in [1.807, 2.05) is 30.3 Å². The van der Waals surface area contributed by atoms with Gasteiger partial charge in [0.15, 0.2) is 0 Å². The summed E-state index contributed by atoms with van der Waals surface area (Å²) in [6.45, 7) is 5.59. The topological polar surface area (TPSA) is 95.4 Å². The summed E-state index contributed by atoms with van der Waals surface area (Å²) in [7, 11) is 0. The lowest BCUT2D eigenvalue weighted by Gasteiger charge is -2.13. The Morgan fingerprint density at radius 2 is 2.06 bits per heavy atom. The highest BCUT2D eigenvalue weighted by atomic mass is 35.5. The lowest BCUT2D eigenvalue weighted by molar-refractivity contribution is -0.141. The molecule has 1 aliphatic rings. The first-order valence-electron chi connectivity index (χ1n) is 10.5. The van der Waals surface area contributed by atoms with Crippen molar-refractivity contribution in [3.05, 3.63) is 72.0 Å². The average molecular weight is 453 g/mol. The Hall–Kier alpha value is -3.09. The number of aliphatic hydroxyl groups excluding tert-OH is 1. The van der Waals surface area contributed by atoms with E-state index in [1.54, 1.807) is 19.1 Å². The minimum absolute atomic E-state index is 0.0721. The highest BCUT2D eigenvalue weighted by molar-refractivity contribution is 6.34. The zero-order valence-electron chi connectivity index (χ0n) is 17.7. The van der Waals surface area contributed by atoms with Gasteiger partial charge in [0.05, 0.1) is 34.8 Å². The number of aromatic amines is 1. The number of nitrogens with zero attached hydrogens (tertiary/aromatic N) is 1. The third-order valence-corrected chi connectivity index (χ3v) is 6.52. The number of benzene rings is 2. The minimum Gasteiger partial charge on any atom is -0.481 e. The number of ether oxygens (including phenoxy) is 1. The van der Waals surface area contributed by atoms with Gasteiger partial charge in [-0.15, -0.1) is 6.58 Å². The SMILES string of the molecule is C=CC(C)C(/C=C/Oc1nc2cc(-c3ccc(C4(CO)CC4)cc3)c(Cl)cc2[nH]1)C(=O)O. The number of carbonyl (C=O) groups is 1. The lowest BCUT2D eigenvalue weighted by Crippen LogP contribution is -2.18. The molecule has 0 spiro atoms. The van der Waals surface area contributed by atoms with Crippen LogP contribution in [0.25, 0.3) is 22.2 Å². The van der Waals surface area contributed by atoms with Gasteiger partial charge in [-0.05, 0) is 48.1 Å². The highest BCUT2D eigenvalue weighted by Gasteiger charge is 2.43. The molecule has 1 heterocycles. The van der Waals surface area contributed by atoms with E-state index in [1.165, 1.54) is 12.3 Å². The molecule has 2 aromatic carbocycles. The number of aliphatic hydroxyl groups is 1. The van der Waals surface area contributed by atoms with Crippen LogP contribution >= 0.6 is 11.6 Å². The van der Waals surface area contributed by atoms with E-state index in [-0.39, 0.29) is 24.0 Å². The monoisotopic (exact) mass is 452 g/mol. The number of carboxylic acid groups (broad SMARTS) is 1. The summed E-state index contributed by atoms with van der Waals surface area (Å²) in [5.41, 5.74) is 4.28. The Morgan fingerprint density at radius 3 is 2.66 bits per heavy atom. The Labute approximate surface area is 191 Å². The van der Waals surface area contributed by atoms with Crippen molar-refractivity contribution in [2.24, 2.45) is 11.8 Å². The van der Waals surface area contributed by atoms with Crippen LogP contribution in [-0.4, -0.2) is 32.8 Å². The molecule has 6 nitrogen and oxygen atoms in total. The van der Waals surface area contributed by atoms with E-state index in [2.05, 4.69) is 16.5 Å². The average Bonchev–Trinajstić information content (AvgIpc) is 3.49. The molecule has 2 unspecified atom stereocenters. The first-order valence-corrected chi connectivity index (χ1v) is 10.8. The fourth-order valence-electron chi connectivity index (χ4n) is 3.79. The van der Waals surface area contributed by atoms with Gasteiger partial charge in [-0.1, -0.05) is 48.9 Å². The number of aliphatic carboxylic acids is 1. The maximum Gasteiger partial charge on any atom is 0.311 e. The number of hydrogen-bond donors (Lipinski definition) is 3. The predicted molar refractivity (Wildman–Crippen MR) is 125 cm³/mol. The minimum atomic E-state index is -0.948. The van der Waals surface area contributed by atoms with Crippen LogP contribution in [0.2, 0.25) is 5.02 Å². The third kappa shape index (κ3) is 4.29. The third-order valence-electron chi connectivity index (χ3n) is 6.20. The fourth-order valence-corrected chi connectivity index (χ4v) is 4.07. The molecule has 0 bridgehead atoms. The Kier molecular flexibility index (Phi) is 6.09. The number of allylic oxidation sites excluding steroid dienone is 1. The number of aromatic nitrogens is 2. The van der Waals surface area contributed by atoms with Gasteiger partial charge in [0, 0.05) is 11.0 Å². The molecular weight excluding hydrogens is 428 g/mol. The molecule has 3 aromatic rings. The molecule has 32 heavy (non-hydrogen) atoms. The molecule has 0 amide bonds. The normalized spacial score (nSPS) is 16.7. The number of H-pyrrole nitrogens is 1. The van der Waals surface area contributed by atoms with Gasteiger partial charge < -0.3 is 19.9 Å². The van der Waals surface area contributed by atoms with Gasteiger partial charge in [-0.2, -0.15) is 4.98 Å². The number of halogens is 1. The molecule has 166 valence electrons. The molecule has 3 N–H and O–H groups in total. The van der Waals surface area contributed by atoms with Crippen molar-refractivity contribution in [3.8, 4) is 17.1 Å². The molecule has 7 heteroatoms. The summed E-state index contributed by atoms with van der Waals surface area (Å²) in [6, 6.07) is 12.0. The number of hydrogen-bond acceptors (Lipinski definition) is 4. The Bertz CT molecular complexity index is 1180. The smallest absolute Gasteiger partial charge is 0.311 e. The van der Waals surface area contributed by atoms with E-state index >= 15 is 0 Å².